The molecule has 0 atom stereocenters. The van der Waals surface area contributed by atoms with Crippen LogP contribution in [0.5, 0.6) is 5.75 Å². The summed E-state index contributed by atoms with van der Waals surface area (Å²) in [5.41, 5.74) is 3.91. The Balaban J connectivity index is 1.65. The molecule has 0 unspecified atom stereocenters. The lowest BCUT2D eigenvalue weighted by Crippen LogP contribution is -2.32. The molecule has 3 aromatic rings. The molecule has 0 spiro atoms. The highest BCUT2D eigenvalue weighted by Gasteiger charge is 2.22. The second-order valence-electron chi connectivity index (χ2n) is 9.06. The zero-order valence-electron chi connectivity index (χ0n) is 20.6. The lowest BCUT2D eigenvalue weighted by atomic mass is 10.0. The molecule has 2 aromatic carbocycles. The van der Waals surface area contributed by atoms with Gasteiger partial charge in [-0.05, 0) is 74.8 Å². The molecule has 0 bridgehead atoms. The highest BCUT2D eigenvalue weighted by Crippen LogP contribution is 2.35. The Morgan fingerprint density at radius 1 is 1.00 bits per heavy atom. The molecule has 7 nitrogen and oxygen atoms in total. The smallest absolute Gasteiger partial charge is 0.257 e. The molecule has 8 heteroatoms. The first-order valence-corrected chi connectivity index (χ1v) is 13.8. The number of nitrogens with one attached hydrogen (secondary N) is 1. The van der Waals surface area contributed by atoms with Gasteiger partial charge in [-0.1, -0.05) is 18.6 Å². The highest BCUT2D eigenvalue weighted by atomic mass is 32.2. The lowest BCUT2D eigenvalue weighted by molar-refractivity contribution is 0.102. The minimum absolute atomic E-state index is 0.217. The van der Waals surface area contributed by atoms with Gasteiger partial charge in [0.2, 0.25) is 0 Å². The summed E-state index contributed by atoms with van der Waals surface area (Å²) in [7, 11) is -1.64. The summed E-state index contributed by atoms with van der Waals surface area (Å²) in [5.74, 6) is 0.527. The second-order valence-corrected chi connectivity index (χ2v) is 11.1. The van der Waals surface area contributed by atoms with E-state index < -0.39 is 9.84 Å². The van der Waals surface area contributed by atoms with E-state index in [0.29, 0.717) is 11.3 Å². The number of benzene rings is 2. The third kappa shape index (κ3) is 5.77. The molecule has 4 rings (SSSR count). The molecule has 1 saturated heterocycles. The van der Waals surface area contributed by atoms with Crippen molar-refractivity contribution >= 4 is 21.4 Å². The fourth-order valence-corrected chi connectivity index (χ4v) is 5.31. The molecule has 0 saturated carbocycles. The van der Waals surface area contributed by atoms with Crippen LogP contribution in [0.4, 0.5) is 5.69 Å². The van der Waals surface area contributed by atoms with Gasteiger partial charge in [0.05, 0.1) is 23.3 Å². The normalized spacial score (nSPS) is 14.6. The van der Waals surface area contributed by atoms with Crippen molar-refractivity contribution in [1.82, 2.24) is 9.47 Å². The third-order valence-corrected chi connectivity index (χ3v) is 7.71. The number of carbonyl (C=O) groups excluding carboxylic acids is 1. The first-order valence-electron chi connectivity index (χ1n) is 11.9. The van der Waals surface area contributed by atoms with Gasteiger partial charge in [-0.25, -0.2) is 8.42 Å². The van der Waals surface area contributed by atoms with Crippen molar-refractivity contribution in [3.05, 3.63) is 65.9 Å². The van der Waals surface area contributed by atoms with E-state index in [1.807, 2.05) is 37.4 Å². The van der Waals surface area contributed by atoms with Gasteiger partial charge in [-0.2, -0.15) is 0 Å². The molecule has 0 aliphatic carbocycles. The van der Waals surface area contributed by atoms with Crippen molar-refractivity contribution in [3.63, 3.8) is 0 Å². The molecule has 1 amide bonds. The van der Waals surface area contributed by atoms with Crippen molar-refractivity contribution in [2.75, 3.05) is 38.3 Å². The standard InChI is InChI=1S/C27H33N3O4S/c1-20-24(27(31)28-21-11-13-22(14-12-21)35(3,32)33)19-30(18-17-29-15-7-4-8-16-29)26(20)23-9-5-6-10-25(23)34-2/h5-6,9-14,19H,4,7-8,15-18H2,1-3H3,(H,28,31). The summed E-state index contributed by atoms with van der Waals surface area (Å²) >= 11 is 0. The lowest BCUT2D eigenvalue weighted by Gasteiger charge is -2.27. The topological polar surface area (TPSA) is 80.6 Å². The molecule has 186 valence electrons. The van der Waals surface area contributed by atoms with Gasteiger partial charge in [0.1, 0.15) is 5.75 Å². The average Bonchev–Trinajstić information content (AvgIpc) is 3.19. The Labute approximate surface area is 207 Å². The SMILES string of the molecule is COc1ccccc1-c1c(C)c(C(=O)Nc2ccc(S(C)(=O)=O)cc2)cn1CCN1CCCCC1. The second kappa shape index (κ2) is 10.7. The number of rotatable bonds is 8. The Bertz CT molecular complexity index is 1290. The van der Waals surface area contributed by atoms with Gasteiger partial charge >= 0.3 is 0 Å². The Morgan fingerprint density at radius 3 is 2.34 bits per heavy atom. The molecule has 2 heterocycles. The molecule has 1 aliphatic heterocycles. The quantitative estimate of drug-likeness (QED) is 0.494. The van der Waals surface area contributed by atoms with Crippen LogP contribution in [-0.4, -0.2) is 56.8 Å². The fraction of sp³-hybridized carbons (Fsp3) is 0.370. The summed E-state index contributed by atoms with van der Waals surface area (Å²) in [4.78, 5) is 16.0. The Kier molecular flexibility index (Phi) is 7.62. The molecule has 1 aromatic heterocycles. The monoisotopic (exact) mass is 495 g/mol. The van der Waals surface area contributed by atoms with Crippen LogP contribution in [0.3, 0.4) is 0 Å². The van der Waals surface area contributed by atoms with Crippen LogP contribution in [0, 0.1) is 6.92 Å². The van der Waals surface area contributed by atoms with E-state index in [0.717, 1.165) is 55.0 Å². The number of amides is 1. The van der Waals surface area contributed by atoms with Crippen LogP contribution < -0.4 is 10.1 Å². The Morgan fingerprint density at radius 2 is 1.69 bits per heavy atom. The van der Waals surface area contributed by atoms with Crippen molar-refractivity contribution in [2.45, 2.75) is 37.6 Å². The van der Waals surface area contributed by atoms with E-state index in [9.17, 15) is 13.2 Å². The van der Waals surface area contributed by atoms with E-state index >= 15 is 0 Å². The molecule has 1 aliphatic rings. The maximum absolute atomic E-state index is 13.3. The van der Waals surface area contributed by atoms with Gasteiger partial charge in [0.15, 0.2) is 9.84 Å². The number of methoxy groups -OCH3 is 1. The van der Waals surface area contributed by atoms with Gasteiger partial charge < -0.3 is 19.5 Å². The summed E-state index contributed by atoms with van der Waals surface area (Å²) < 4.78 is 31.3. The van der Waals surface area contributed by atoms with Crippen LogP contribution in [0.1, 0.15) is 35.2 Å². The van der Waals surface area contributed by atoms with Gasteiger partial charge in [0.25, 0.3) is 5.91 Å². The minimum atomic E-state index is -3.29. The van der Waals surface area contributed by atoms with E-state index in [-0.39, 0.29) is 10.8 Å². The van der Waals surface area contributed by atoms with E-state index in [1.54, 1.807) is 19.2 Å². The first-order chi connectivity index (χ1) is 16.8. The molecule has 1 fully saturated rings. The average molecular weight is 496 g/mol. The number of piperidine rings is 1. The number of aromatic nitrogens is 1. The van der Waals surface area contributed by atoms with Gasteiger partial charge in [-0.15, -0.1) is 0 Å². The molecule has 0 radical (unpaired) electrons. The minimum Gasteiger partial charge on any atom is -0.496 e. The number of nitrogens with zero attached hydrogens (tertiary/aromatic N) is 2. The zero-order chi connectivity index (χ0) is 25.0. The summed E-state index contributed by atoms with van der Waals surface area (Å²) in [5, 5.41) is 2.92. The first kappa shape index (κ1) is 25.0. The number of carbonyl (C=O) groups is 1. The van der Waals surface area contributed by atoms with Crippen LogP contribution >= 0.6 is 0 Å². The van der Waals surface area contributed by atoms with Crippen molar-refractivity contribution in [2.24, 2.45) is 0 Å². The molecular formula is C27H33N3O4S. The maximum Gasteiger partial charge on any atom is 0.257 e. The zero-order valence-corrected chi connectivity index (χ0v) is 21.4. The van der Waals surface area contributed by atoms with E-state index in [2.05, 4.69) is 14.8 Å². The number of sulfone groups is 1. The summed E-state index contributed by atoms with van der Waals surface area (Å²) in [6, 6.07) is 14.1. The number of hydrogen-bond donors (Lipinski definition) is 1. The number of likely N-dealkylation sites (tertiary alicyclic amines) is 1. The predicted octanol–water partition coefficient (Wildman–Crippen LogP) is 4.61. The molecular weight excluding hydrogens is 462 g/mol. The van der Waals surface area contributed by atoms with Crippen molar-refractivity contribution < 1.29 is 17.9 Å². The predicted molar refractivity (Wildman–Crippen MR) is 139 cm³/mol. The summed E-state index contributed by atoms with van der Waals surface area (Å²) in [6.07, 6.45) is 6.84. The van der Waals surface area contributed by atoms with E-state index in [4.69, 9.17) is 4.74 Å². The summed E-state index contributed by atoms with van der Waals surface area (Å²) in [6.45, 7) is 5.87. The van der Waals surface area contributed by atoms with Crippen LogP contribution in [0.15, 0.2) is 59.6 Å². The molecule has 35 heavy (non-hydrogen) atoms. The number of anilines is 1. The van der Waals surface area contributed by atoms with Gasteiger partial charge in [-0.3, -0.25) is 4.79 Å². The Hall–Kier alpha value is -3.10. The van der Waals surface area contributed by atoms with Crippen LogP contribution in [0.2, 0.25) is 0 Å². The van der Waals surface area contributed by atoms with E-state index in [1.165, 1.54) is 31.4 Å². The number of ether oxygens (including phenoxy) is 1. The van der Waals surface area contributed by atoms with Crippen molar-refractivity contribution in [1.29, 1.82) is 0 Å². The fourth-order valence-electron chi connectivity index (χ4n) is 4.68. The highest BCUT2D eigenvalue weighted by molar-refractivity contribution is 7.90. The molecule has 1 N–H and O–H groups in total. The van der Waals surface area contributed by atoms with Crippen LogP contribution in [-0.2, 0) is 16.4 Å². The maximum atomic E-state index is 13.3. The van der Waals surface area contributed by atoms with Crippen LogP contribution in [0.25, 0.3) is 11.3 Å². The third-order valence-electron chi connectivity index (χ3n) is 6.58. The largest absolute Gasteiger partial charge is 0.496 e. The van der Waals surface area contributed by atoms with Gasteiger partial charge in [0, 0.05) is 36.8 Å². The number of para-hydroxylation sites is 1. The van der Waals surface area contributed by atoms with Crippen molar-refractivity contribution in [3.8, 4) is 17.0 Å². The number of hydrogen-bond acceptors (Lipinski definition) is 5.